The third-order valence-corrected chi connectivity index (χ3v) is 4.23. The normalized spacial score (nSPS) is 11.8. The molecular weight excluding hydrogens is 362 g/mol. The average Bonchev–Trinajstić information content (AvgIpc) is 2.79. The standard InChI is InChI=1S/C25H23NO3/c1-28-25-9-5-8-21(18-25)11-15-23(26-27)14-10-20-12-16-24(17-13-20)29-19-22-6-3-2-4-7-22/h2-18,27H,19H2,1H3. The number of oxime groups is 1. The van der Waals surface area contributed by atoms with Crippen molar-refractivity contribution in [3.63, 3.8) is 0 Å². The minimum atomic E-state index is 0.442. The van der Waals surface area contributed by atoms with Crippen LogP contribution in [0.4, 0.5) is 0 Å². The second-order valence-electron chi connectivity index (χ2n) is 6.31. The van der Waals surface area contributed by atoms with Gasteiger partial charge in [-0.15, -0.1) is 0 Å². The third-order valence-electron chi connectivity index (χ3n) is 4.23. The Hall–Kier alpha value is -3.79. The van der Waals surface area contributed by atoms with Gasteiger partial charge in [-0.05, 0) is 53.1 Å². The fraction of sp³-hybridized carbons (Fsp3) is 0.0800. The molecule has 0 aliphatic carbocycles. The average molecular weight is 385 g/mol. The number of methoxy groups -OCH3 is 1. The highest BCUT2D eigenvalue weighted by Gasteiger charge is 1.97. The summed E-state index contributed by atoms with van der Waals surface area (Å²) in [6.45, 7) is 0.534. The lowest BCUT2D eigenvalue weighted by Gasteiger charge is -2.06. The molecule has 0 aliphatic heterocycles. The molecule has 0 amide bonds. The van der Waals surface area contributed by atoms with E-state index in [4.69, 9.17) is 9.47 Å². The SMILES string of the molecule is COc1cccc(C=CC(C=Cc2ccc(OCc3ccccc3)cc2)=NO)c1. The Balaban J connectivity index is 1.58. The van der Waals surface area contributed by atoms with Gasteiger partial charge in [0.2, 0.25) is 0 Å². The van der Waals surface area contributed by atoms with E-state index in [1.807, 2.05) is 91.0 Å². The molecule has 146 valence electrons. The van der Waals surface area contributed by atoms with Crippen LogP contribution in [0.15, 0.2) is 96.2 Å². The number of allylic oxidation sites excluding steroid dienone is 2. The van der Waals surface area contributed by atoms with Crippen LogP contribution in [0.5, 0.6) is 11.5 Å². The Morgan fingerprint density at radius 3 is 2.24 bits per heavy atom. The molecule has 0 saturated heterocycles. The summed E-state index contributed by atoms with van der Waals surface area (Å²) in [5.74, 6) is 1.58. The van der Waals surface area contributed by atoms with Crippen molar-refractivity contribution in [2.45, 2.75) is 6.61 Å². The van der Waals surface area contributed by atoms with Crippen LogP contribution in [-0.2, 0) is 6.61 Å². The highest BCUT2D eigenvalue weighted by Crippen LogP contribution is 2.16. The van der Waals surface area contributed by atoms with Crippen molar-refractivity contribution in [3.8, 4) is 11.5 Å². The van der Waals surface area contributed by atoms with Gasteiger partial charge in [-0.2, -0.15) is 0 Å². The maximum atomic E-state index is 9.25. The summed E-state index contributed by atoms with van der Waals surface area (Å²) in [6.07, 6.45) is 7.23. The second-order valence-corrected chi connectivity index (χ2v) is 6.31. The summed E-state index contributed by atoms with van der Waals surface area (Å²) >= 11 is 0. The summed E-state index contributed by atoms with van der Waals surface area (Å²) < 4.78 is 11.0. The van der Waals surface area contributed by atoms with Crippen LogP contribution in [0.2, 0.25) is 0 Å². The Labute approximate surface area is 171 Å². The van der Waals surface area contributed by atoms with Gasteiger partial charge in [-0.1, -0.05) is 71.9 Å². The van der Waals surface area contributed by atoms with E-state index in [9.17, 15) is 5.21 Å². The first-order valence-electron chi connectivity index (χ1n) is 9.26. The van der Waals surface area contributed by atoms with Gasteiger partial charge in [0.1, 0.15) is 23.8 Å². The van der Waals surface area contributed by atoms with E-state index >= 15 is 0 Å². The molecule has 3 rings (SSSR count). The monoisotopic (exact) mass is 385 g/mol. The molecule has 4 nitrogen and oxygen atoms in total. The molecule has 0 radical (unpaired) electrons. The van der Waals surface area contributed by atoms with E-state index in [0.717, 1.165) is 28.2 Å². The molecule has 0 heterocycles. The molecule has 0 bridgehead atoms. The zero-order valence-corrected chi connectivity index (χ0v) is 16.2. The molecule has 3 aromatic rings. The van der Waals surface area contributed by atoms with E-state index < -0.39 is 0 Å². The van der Waals surface area contributed by atoms with Crippen molar-refractivity contribution in [1.82, 2.24) is 0 Å². The third kappa shape index (κ3) is 6.40. The van der Waals surface area contributed by atoms with Crippen LogP contribution in [0.3, 0.4) is 0 Å². The van der Waals surface area contributed by atoms with Crippen LogP contribution in [0.1, 0.15) is 16.7 Å². The van der Waals surface area contributed by atoms with Gasteiger partial charge in [-0.3, -0.25) is 0 Å². The second kappa shape index (κ2) is 10.5. The Morgan fingerprint density at radius 2 is 1.55 bits per heavy atom. The lowest BCUT2D eigenvalue weighted by molar-refractivity contribution is 0.306. The number of ether oxygens (including phenoxy) is 2. The zero-order valence-electron chi connectivity index (χ0n) is 16.2. The summed E-state index contributed by atoms with van der Waals surface area (Å²) in [5, 5.41) is 12.6. The fourth-order valence-corrected chi connectivity index (χ4v) is 2.65. The van der Waals surface area contributed by atoms with E-state index in [0.29, 0.717) is 12.3 Å². The predicted molar refractivity (Wildman–Crippen MR) is 117 cm³/mol. The number of nitrogens with zero attached hydrogens (tertiary/aromatic N) is 1. The Kier molecular flexibility index (Phi) is 7.24. The molecule has 0 saturated carbocycles. The summed E-state index contributed by atoms with van der Waals surface area (Å²) in [5.41, 5.74) is 3.51. The van der Waals surface area contributed by atoms with Gasteiger partial charge in [0.15, 0.2) is 0 Å². The van der Waals surface area contributed by atoms with E-state index in [1.54, 1.807) is 19.3 Å². The van der Waals surface area contributed by atoms with Crippen molar-refractivity contribution in [3.05, 3.63) is 108 Å². The summed E-state index contributed by atoms with van der Waals surface area (Å²) in [7, 11) is 1.63. The molecule has 0 aliphatic rings. The molecule has 0 fully saturated rings. The maximum Gasteiger partial charge on any atom is 0.119 e. The first-order valence-corrected chi connectivity index (χ1v) is 9.26. The van der Waals surface area contributed by atoms with Crippen molar-refractivity contribution in [2.24, 2.45) is 5.16 Å². The summed E-state index contributed by atoms with van der Waals surface area (Å²) in [4.78, 5) is 0. The number of hydrogen-bond donors (Lipinski definition) is 1. The maximum absolute atomic E-state index is 9.25. The van der Waals surface area contributed by atoms with Gasteiger partial charge < -0.3 is 14.7 Å². The van der Waals surface area contributed by atoms with Gasteiger partial charge in [0.05, 0.1) is 7.11 Å². The molecule has 3 aromatic carbocycles. The van der Waals surface area contributed by atoms with Crippen LogP contribution in [0.25, 0.3) is 12.2 Å². The molecular formula is C25H23NO3. The molecule has 1 N–H and O–H groups in total. The highest BCUT2D eigenvalue weighted by molar-refractivity contribution is 6.08. The fourth-order valence-electron chi connectivity index (χ4n) is 2.65. The van der Waals surface area contributed by atoms with Gasteiger partial charge in [-0.25, -0.2) is 0 Å². The lowest BCUT2D eigenvalue weighted by atomic mass is 10.1. The van der Waals surface area contributed by atoms with E-state index in [1.165, 1.54) is 0 Å². The lowest BCUT2D eigenvalue weighted by Crippen LogP contribution is -1.94. The Morgan fingerprint density at radius 1 is 0.828 bits per heavy atom. The van der Waals surface area contributed by atoms with Crippen LogP contribution in [-0.4, -0.2) is 18.0 Å². The Bertz CT molecular complexity index is 990. The van der Waals surface area contributed by atoms with E-state index in [-0.39, 0.29) is 0 Å². The topological polar surface area (TPSA) is 51.0 Å². The van der Waals surface area contributed by atoms with E-state index in [2.05, 4.69) is 5.16 Å². The van der Waals surface area contributed by atoms with Crippen molar-refractivity contribution in [2.75, 3.05) is 7.11 Å². The van der Waals surface area contributed by atoms with Gasteiger partial charge in [0, 0.05) is 0 Å². The van der Waals surface area contributed by atoms with Gasteiger partial charge >= 0.3 is 0 Å². The van der Waals surface area contributed by atoms with Crippen LogP contribution < -0.4 is 9.47 Å². The summed E-state index contributed by atoms with van der Waals surface area (Å²) in [6, 6.07) is 25.4. The number of rotatable bonds is 8. The zero-order chi connectivity index (χ0) is 20.3. The first kappa shape index (κ1) is 20.0. The molecule has 0 spiro atoms. The predicted octanol–water partition coefficient (Wildman–Crippen LogP) is 5.83. The molecule has 29 heavy (non-hydrogen) atoms. The first-order chi connectivity index (χ1) is 14.3. The van der Waals surface area contributed by atoms with Crippen molar-refractivity contribution in [1.29, 1.82) is 0 Å². The van der Waals surface area contributed by atoms with Crippen molar-refractivity contribution < 1.29 is 14.7 Å². The molecule has 0 aromatic heterocycles. The molecule has 0 unspecified atom stereocenters. The number of benzene rings is 3. The number of hydrogen-bond acceptors (Lipinski definition) is 4. The van der Waals surface area contributed by atoms with Gasteiger partial charge in [0.25, 0.3) is 0 Å². The van der Waals surface area contributed by atoms with Crippen molar-refractivity contribution >= 4 is 17.9 Å². The highest BCUT2D eigenvalue weighted by atomic mass is 16.5. The smallest absolute Gasteiger partial charge is 0.119 e. The van der Waals surface area contributed by atoms with Crippen LogP contribution >= 0.6 is 0 Å². The molecule has 0 atom stereocenters. The minimum absolute atomic E-state index is 0.442. The largest absolute Gasteiger partial charge is 0.497 e. The molecule has 4 heteroatoms. The van der Waals surface area contributed by atoms with Crippen LogP contribution in [0, 0.1) is 0 Å². The quantitative estimate of drug-likeness (QED) is 0.301. The minimum Gasteiger partial charge on any atom is -0.497 e.